The summed E-state index contributed by atoms with van der Waals surface area (Å²) < 4.78 is 5.53. The SMILES string of the molecule is C=C/C=C\C(=C/C)C1CN(Cc2ccc(C3=CCNCC3)cc2)C(=O)O1. The van der Waals surface area contributed by atoms with Crippen LogP contribution < -0.4 is 5.32 Å². The first-order valence-electron chi connectivity index (χ1n) is 9.11. The van der Waals surface area contributed by atoms with E-state index in [1.54, 1.807) is 11.0 Å². The molecule has 0 spiro atoms. The van der Waals surface area contributed by atoms with Crippen molar-refractivity contribution in [2.24, 2.45) is 0 Å². The van der Waals surface area contributed by atoms with Gasteiger partial charge in [0, 0.05) is 13.1 Å². The van der Waals surface area contributed by atoms with Crippen LogP contribution in [0.1, 0.15) is 24.5 Å². The van der Waals surface area contributed by atoms with Crippen LogP contribution in [0.15, 0.2) is 66.8 Å². The second kappa shape index (κ2) is 8.68. The number of cyclic esters (lactones) is 1. The van der Waals surface area contributed by atoms with Crippen LogP contribution in [0.5, 0.6) is 0 Å². The van der Waals surface area contributed by atoms with E-state index in [1.165, 1.54) is 11.1 Å². The number of nitrogens with one attached hydrogen (secondary N) is 1. The topological polar surface area (TPSA) is 41.6 Å². The Balaban J connectivity index is 1.63. The molecule has 3 rings (SSSR count). The predicted molar refractivity (Wildman–Crippen MR) is 106 cm³/mol. The largest absolute Gasteiger partial charge is 0.439 e. The Bertz CT molecular complexity index is 744. The number of hydrogen-bond acceptors (Lipinski definition) is 3. The highest BCUT2D eigenvalue weighted by atomic mass is 16.6. The zero-order valence-corrected chi connectivity index (χ0v) is 15.3. The van der Waals surface area contributed by atoms with Gasteiger partial charge in [-0.05, 0) is 42.2 Å². The normalized spacial score (nSPS) is 21.0. The van der Waals surface area contributed by atoms with Gasteiger partial charge in [0.2, 0.25) is 0 Å². The molecular weight excluding hydrogens is 324 g/mol. The maximum Gasteiger partial charge on any atom is 0.410 e. The van der Waals surface area contributed by atoms with E-state index in [0.29, 0.717) is 13.1 Å². The molecule has 0 bridgehead atoms. The molecular formula is C22H26N2O2. The first-order chi connectivity index (χ1) is 12.7. The third-order valence-corrected chi connectivity index (χ3v) is 4.78. The molecule has 1 aromatic rings. The summed E-state index contributed by atoms with van der Waals surface area (Å²) in [6.45, 7) is 8.73. The van der Waals surface area contributed by atoms with Crippen molar-refractivity contribution in [3.8, 4) is 0 Å². The Labute approximate surface area is 155 Å². The van der Waals surface area contributed by atoms with Crippen LogP contribution in [0, 0.1) is 0 Å². The standard InChI is InChI=1S/C22H26N2O2/c1-3-5-6-18(4-2)21-16-24(22(25)26-21)15-17-7-9-19(10-8-17)20-11-13-23-14-12-20/h3-11,21,23H,1,12-16H2,2H3/b6-5-,18-4+. The lowest BCUT2D eigenvalue weighted by atomic mass is 9.99. The second-order valence-corrected chi connectivity index (χ2v) is 6.52. The summed E-state index contributed by atoms with van der Waals surface area (Å²) in [7, 11) is 0. The number of ether oxygens (including phenoxy) is 1. The highest BCUT2D eigenvalue weighted by Gasteiger charge is 2.32. The summed E-state index contributed by atoms with van der Waals surface area (Å²) in [5.74, 6) is 0. The molecule has 136 valence electrons. The molecule has 4 heteroatoms. The molecule has 1 N–H and O–H groups in total. The minimum atomic E-state index is -0.258. The van der Waals surface area contributed by atoms with Crippen LogP contribution >= 0.6 is 0 Å². The van der Waals surface area contributed by atoms with Gasteiger partial charge in [-0.25, -0.2) is 4.79 Å². The number of nitrogens with zero attached hydrogens (tertiary/aromatic N) is 1. The molecule has 1 unspecified atom stereocenters. The number of benzene rings is 1. The van der Waals surface area contributed by atoms with Gasteiger partial charge in [0.25, 0.3) is 0 Å². The highest BCUT2D eigenvalue weighted by Crippen LogP contribution is 2.23. The molecule has 2 aliphatic heterocycles. The van der Waals surface area contributed by atoms with Crippen LogP contribution in [0.2, 0.25) is 0 Å². The number of carbonyl (C=O) groups is 1. The van der Waals surface area contributed by atoms with Crippen molar-refractivity contribution in [2.45, 2.75) is 26.0 Å². The Morgan fingerprint density at radius 1 is 1.38 bits per heavy atom. The molecule has 0 saturated carbocycles. The monoisotopic (exact) mass is 350 g/mol. The van der Waals surface area contributed by atoms with Gasteiger partial charge in [-0.3, -0.25) is 4.90 Å². The first kappa shape index (κ1) is 18.2. The van der Waals surface area contributed by atoms with Gasteiger partial charge in [0.1, 0.15) is 6.10 Å². The molecule has 1 fully saturated rings. The van der Waals surface area contributed by atoms with Crippen LogP contribution in [0.4, 0.5) is 4.79 Å². The highest BCUT2D eigenvalue weighted by molar-refractivity contribution is 5.71. The molecule has 0 aromatic heterocycles. The molecule has 0 aliphatic carbocycles. The zero-order valence-electron chi connectivity index (χ0n) is 15.3. The molecule has 2 heterocycles. The zero-order chi connectivity index (χ0) is 18.4. The quantitative estimate of drug-likeness (QED) is 0.786. The van der Waals surface area contributed by atoms with E-state index in [-0.39, 0.29) is 12.2 Å². The number of allylic oxidation sites excluding steroid dienone is 3. The van der Waals surface area contributed by atoms with Gasteiger partial charge in [-0.1, -0.05) is 61.2 Å². The van der Waals surface area contributed by atoms with Crippen molar-refractivity contribution in [3.05, 3.63) is 77.9 Å². The molecule has 1 aromatic carbocycles. The van der Waals surface area contributed by atoms with Crippen molar-refractivity contribution in [1.29, 1.82) is 0 Å². The number of amides is 1. The van der Waals surface area contributed by atoms with Crippen LogP contribution in [0.3, 0.4) is 0 Å². The average Bonchev–Trinajstić information content (AvgIpc) is 3.04. The van der Waals surface area contributed by atoms with Crippen molar-refractivity contribution in [1.82, 2.24) is 10.2 Å². The predicted octanol–water partition coefficient (Wildman–Crippen LogP) is 4.07. The first-order valence-corrected chi connectivity index (χ1v) is 9.11. The summed E-state index contributed by atoms with van der Waals surface area (Å²) in [4.78, 5) is 14.0. The van der Waals surface area contributed by atoms with Gasteiger partial charge in [-0.15, -0.1) is 0 Å². The Hall–Kier alpha value is -2.59. The molecule has 2 aliphatic rings. The minimum absolute atomic E-state index is 0.220. The summed E-state index contributed by atoms with van der Waals surface area (Å²) >= 11 is 0. The summed E-state index contributed by atoms with van der Waals surface area (Å²) in [6.07, 6.45) is 10.3. The molecule has 1 saturated heterocycles. The number of rotatable bonds is 6. The van der Waals surface area contributed by atoms with Gasteiger partial charge in [0.05, 0.1) is 6.54 Å². The maximum absolute atomic E-state index is 12.2. The fourth-order valence-electron chi connectivity index (χ4n) is 3.31. The number of carbonyl (C=O) groups excluding carboxylic acids is 1. The Kier molecular flexibility index (Phi) is 6.08. The third-order valence-electron chi connectivity index (χ3n) is 4.78. The fourth-order valence-corrected chi connectivity index (χ4v) is 3.31. The molecule has 0 radical (unpaired) electrons. The van der Waals surface area contributed by atoms with Gasteiger partial charge in [-0.2, -0.15) is 0 Å². The summed E-state index contributed by atoms with van der Waals surface area (Å²) in [5.41, 5.74) is 4.77. The van der Waals surface area contributed by atoms with Gasteiger partial charge < -0.3 is 10.1 Å². The lowest BCUT2D eigenvalue weighted by Crippen LogP contribution is -2.24. The third kappa shape index (κ3) is 4.33. The lowest BCUT2D eigenvalue weighted by Gasteiger charge is -2.16. The van der Waals surface area contributed by atoms with E-state index in [9.17, 15) is 4.79 Å². The van der Waals surface area contributed by atoms with Crippen LogP contribution in [-0.2, 0) is 11.3 Å². The van der Waals surface area contributed by atoms with Crippen molar-refractivity contribution >= 4 is 11.7 Å². The fraction of sp³-hybridized carbons (Fsp3) is 0.318. The van der Waals surface area contributed by atoms with E-state index in [4.69, 9.17) is 4.74 Å². The second-order valence-electron chi connectivity index (χ2n) is 6.52. The Morgan fingerprint density at radius 2 is 2.19 bits per heavy atom. The maximum atomic E-state index is 12.2. The summed E-state index contributed by atoms with van der Waals surface area (Å²) in [6, 6.07) is 8.51. The smallest absolute Gasteiger partial charge is 0.410 e. The van der Waals surface area contributed by atoms with Crippen molar-refractivity contribution in [3.63, 3.8) is 0 Å². The van der Waals surface area contributed by atoms with E-state index in [1.807, 2.05) is 25.2 Å². The summed E-state index contributed by atoms with van der Waals surface area (Å²) in [5, 5.41) is 3.33. The number of hydrogen-bond donors (Lipinski definition) is 1. The average molecular weight is 350 g/mol. The van der Waals surface area contributed by atoms with Crippen LogP contribution in [-0.4, -0.2) is 36.7 Å². The van der Waals surface area contributed by atoms with Crippen LogP contribution in [0.25, 0.3) is 5.57 Å². The molecule has 1 amide bonds. The van der Waals surface area contributed by atoms with Gasteiger partial charge >= 0.3 is 6.09 Å². The van der Waals surface area contributed by atoms with Gasteiger partial charge in [0.15, 0.2) is 0 Å². The molecule has 4 nitrogen and oxygen atoms in total. The van der Waals surface area contributed by atoms with E-state index in [0.717, 1.165) is 30.6 Å². The van der Waals surface area contributed by atoms with E-state index < -0.39 is 0 Å². The molecule has 26 heavy (non-hydrogen) atoms. The van der Waals surface area contributed by atoms with Crippen molar-refractivity contribution < 1.29 is 9.53 Å². The molecule has 1 atom stereocenters. The van der Waals surface area contributed by atoms with Crippen molar-refractivity contribution in [2.75, 3.05) is 19.6 Å². The van der Waals surface area contributed by atoms with E-state index >= 15 is 0 Å². The van der Waals surface area contributed by atoms with E-state index in [2.05, 4.69) is 42.2 Å². The lowest BCUT2D eigenvalue weighted by molar-refractivity contribution is 0.142. The Morgan fingerprint density at radius 3 is 2.85 bits per heavy atom. The minimum Gasteiger partial charge on any atom is -0.439 e.